The molecule has 0 amide bonds. The Morgan fingerprint density at radius 1 is 1.11 bits per heavy atom. The molecule has 0 unspecified atom stereocenters. The minimum atomic E-state index is -0.277. The van der Waals surface area contributed by atoms with Crippen molar-refractivity contribution in [1.29, 1.82) is 0 Å². The molecule has 4 heteroatoms. The molecular weight excluding hydrogens is 243 g/mol. The van der Waals surface area contributed by atoms with E-state index in [0.29, 0.717) is 10.9 Å². The summed E-state index contributed by atoms with van der Waals surface area (Å²) in [6.07, 6.45) is 1.40. The molecule has 0 saturated heterocycles. The Kier molecular flexibility index (Phi) is 2.63. The van der Waals surface area contributed by atoms with E-state index in [1.54, 1.807) is 18.2 Å². The van der Waals surface area contributed by atoms with Crippen molar-refractivity contribution >= 4 is 10.9 Å². The molecule has 0 bridgehead atoms. The van der Waals surface area contributed by atoms with E-state index in [0.717, 1.165) is 16.7 Å². The minimum absolute atomic E-state index is 0.169. The highest BCUT2D eigenvalue weighted by atomic mass is 19.1. The summed E-state index contributed by atoms with van der Waals surface area (Å²) in [5.74, 6) is -0.277. The number of aryl methyl sites for hydroxylation is 1. The molecule has 2 aromatic carbocycles. The Morgan fingerprint density at radius 2 is 1.84 bits per heavy atom. The van der Waals surface area contributed by atoms with Crippen molar-refractivity contribution in [3.05, 3.63) is 64.5 Å². The van der Waals surface area contributed by atoms with E-state index < -0.39 is 0 Å². The average molecular weight is 254 g/mol. The highest BCUT2D eigenvalue weighted by Gasteiger charge is 2.06. The summed E-state index contributed by atoms with van der Waals surface area (Å²) in [4.78, 5) is 18.6. The topological polar surface area (TPSA) is 45.8 Å². The van der Waals surface area contributed by atoms with Gasteiger partial charge in [-0.2, -0.15) is 0 Å². The molecule has 0 radical (unpaired) electrons. The Hall–Kier alpha value is -2.49. The molecule has 0 aliphatic carbocycles. The van der Waals surface area contributed by atoms with Crippen LogP contribution in [0, 0.1) is 12.7 Å². The van der Waals surface area contributed by atoms with Gasteiger partial charge < -0.3 is 4.98 Å². The molecule has 0 atom stereocenters. The first-order valence-corrected chi connectivity index (χ1v) is 5.89. The van der Waals surface area contributed by atoms with Crippen LogP contribution in [0.15, 0.2) is 47.5 Å². The summed E-state index contributed by atoms with van der Waals surface area (Å²) in [5.41, 5.74) is 3.19. The van der Waals surface area contributed by atoms with Crippen LogP contribution < -0.4 is 5.56 Å². The van der Waals surface area contributed by atoms with Crippen LogP contribution in [0.5, 0.6) is 0 Å². The number of nitrogens with zero attached hydrogens (tertiary/aromatic N) is 1. The molecule has 1 N–H and O–H groups in total. The Balaban J connectivity index is 2.29. The third-order valence-corrected chi connectivity index (χ3v) is 3.11. The summed E-state index contributed by atoms with van der Waals surface area (Å²) in [6, 6.07) is 9.93. The molecule has 19 heavy (non-hydrogen) atoms. The lowest BCUT2D eigenvalue weighted by molar-refractivity contribution is 0.628. The zero-order chi connectivity index (χ0) is 13.4. The zero-order valence-electron chi connectivity index (χ0n) is 10.3. The fraction of sp³-hybridized carbons (Fsp3) is 0.0667. The van der Waals surface area contributed by atoms with Gasteiger partial charge in [-0.3, -0.25) is 4.79 Å². The lowest BCUT2D eigenvalue weighted by Crippen LogP contribution is -2.07. The van der Waals surface area contributed by atoms with Crippen molar-refractivity contribution < 1.29 is 4.39 Å². The maximum Gasteiger partial charge on any atom is 0.258 e. The Morgan fingerprint density at radius 3 is 2.58 bits per heavy atom. The van der Waals surface area contributed by atoms with Crippen molar-refractivity contribution in [2.75, 3.05) is 0 Å². The molecule has 94 valence electrons. The summed E-state index contributed by atoms with van der Waals surface area (Å²) < 4.78 is 12.9. The zero-order valence-corrected chi connectivity index (χ0v) is 10.3. The minimum Gasteiger partial charge on any atom is -0.313 e. The number of hydrogen-bond acceptors (Lipinski definition) is 2. The van der Waals surface area contributed by atoms with Crippen LogP contribution >= 0.6 is 0 Å². The van der Waals surface area contributed by atoms with Gasteiger partial charge in [0.2, 0.25) is 0 Å². The van der Waals surface area contributed by atoms with Gasteiger partial charge in [0.25, 0.3) is 5.56 Å². The lowest BCUT2D eigenvalue weighted by atomic mass is 10.0. The molecule has 0 fully saturated rings. The third-order valence-electron chi connectivity index (χ3n) is 3.11. The first-order chi connectivity index (χ1) is 9.15. The summed E-state index contributed by atoms with van der Waals surface area (Å²) in [7, 11) is 0. The van der Waals surface area contributed by atoms with E-state index in [1.807, 2.05) is 13.0 Å². The standard InChI is InChI=1S/C15H11FN2O/c1-9-6-11(10-2-4-12(16)5-3-10)7-13-14(9)17-8-18-15(13)19/h2-8H,1H3,(H,17,18,19). The number of rotatable bonds is 1. The van der Waals surface area contributed by atoms with Crippen molar-refractivity contribution in [2.45, 2.75) is 6.92 Å². The predicted octanol–water partition coefficient (Wildman–Crippen LogP) is 3.04. The second kappa shape index (κ2) is 4.31. The fourth-order valence-electron chi connectivity index (χ4n) is 2.17. The first kappa shape index (κ1) is 11.6. The van der Waals surface area contributed by atoms with Crippen LogP contribution in [0.25, 0.3) is 22.0 Å². The van der Waals surface area contributed by atoms with E-state index in [1.165, 1.54) is 18.5 Å². The van der Waals surface area contributed by atoms with E-state index >= 15 is 0 Å². The second-order valence-electron chi connectivity index (χ2n) is 4.43. The van der Waals surface area contributed by atoms with Gasteiger partial charge in [0, 0.05) is 0 Å². The van der Waals surface area contributed by atoms with Crippen molar-refractivity contribution in [3.8, 4) is 11.1 Å². The van der Waals surface area contributed by atoms with Crippen LogP contribution in [0.1, 0.15) is 5.56 Å². The predicted molar refractivity (Wildman–Crippen MR) is 72.5 cm³/mol. The van der Waals surface area contributed by atoms with E-state index in [2.05, 4.69) is 9.97 Å². The number of aromatic nitrogens is 2. The molecule has 0 aliphatic heterocycles. The van der Waals surface area contributed by atoms with Crippen molar-refractivity contribution in [3.63, 3.8) is 0 Å². The van der Waals surface area contributed by atoms with Gasteiger partial charge in [0.15, 0.2) is 0 Å². The van der Waals surface area contributed by atoms with Gasteiger partial charge in [-0.1, -0.05) is 12.1 Å². The molecular formula is C15H11FN2O. The number of fused-ring (bicyclic) bond motifs is 1. The maximum absolute atomic E-state index is 12.9. The molecule has 0 spiro atoms. The SMILES string of the molecule is Cc1cc(-c2ccc(F)cc2)cc2c(=O)[nH]cnc12. The van der Waals surface area contributed by atoms with E-state index in [4.69, 9.17) is 0 Å². The van der Waals surface area contributed by atoms with Crippen LogP contribution in [0.3, 0.4) is 0 Å². The first-order valence-electron chi connectivity index (χ1n) is 5.89. The van der Waals surface area contributed by atoms with Crippen molar-refractivity contribution in [2.24, 2.45) is 0 Å². The third kappa shape index (κ3) is 2.01. The number of benzene rings is 2. The number of H-pyrrole nitrogens is 1. The molecule has 3 rings (SSSR count). The van der Waals surface area contributed by atoms with Gasteiger partial charge >= 0.3 is 0 Å². The highest BCUT2D eigenvalue weighted by molar-refractivity contribution is 5.86. The Bertz CT molecular complexity index is 806. The molecule has 0 aliphatic rings. The number of halogens is 1. The van der Waals surface area contributed by atoms with Crippen LogP contribution in [-0.4, -0.2) is 9.97 Å². The van der Waals surface area contributed by atoms with Crippen LogP contribution in [-0.2, 0) is 0 Å². The van der Waals surface area contributed by atoms with E-state index in [-0.39, 0.29) is 11.4 Å². The summed E-state index contributed by atoms with van der Waals surface area (Å²) in [6.45, 7) is 1.90. The number of nitrogens with one attached hydrogen (secondary N) is 1. The number of aromatic amines is 1. The molecule has 3 aromatic rings. The van der Waals surface area contributed by atoms with Gasteiger partial charge in [-0.05, 0) is 47.9 Å². The summed E-state index contributed by atoms with van der Waals surface area (Å²) >= 11 is 0. The maximum atomic E-state index is 12.9. The largest absolute Gasteiger partial charge is 0.313 e. The fourth-order valence-corrected chi connectivity index (χ4v) is 2.17. The number of hydrogen-bond donors (Lipinski definition) is 1. The quantitative estimate of drug-likeness (QED) is 0.725. The second-order valence-corrected chi connectivity index (χ2v) is 4.43. The van der Waals surface area contributed by atoms with Gasteiger partial charge in [-0.25, -0.2) is 9.37 Å². The molecule has 1 heterocycles. The van der Waals surface area contributed by atoms with Gasteiger partial charge in [0.05, 0.1) is 17.2 Å². The monoisotopic (exact) mass is 254 g/mol. The smallest absolute Gasteiger partial charge is 0.258 e. The lowest BCUT2D eigenvalue weighted by Gasteiger charge is -2.06. The van der Waals surface area contributed by atoms with E-state index in [9.17, 15) is 9.18 Å². The van der Waals surface area contributed by atoms with Crippen LogP contribution in [0.2, 0.25) is 0 Å². The molecule has 0 saturated carbocycles. The van der Waals surface area contributed by atoms with Crippen molar-refractivity contribution in [1.82, 2.24) is 9.97 Å². The molecule has 1 aromatic heterocycles. The van der Waals surface area contributed by atoms with Gasteiger partial charge in [-0.15, -0.1) is 0 Å². The van der Waals surface area contributed by atoms with Gasteiger partial charge in [0.1, 0.15) is 5.82 Å². The highest BCUT2D eigenvalue weighted by Crippen LogP contribution is 2.24. The summed E-state index contributed by atoms with van der Waals surface area (Å²) in [5, 5.41) is 0.543. The average Bonchev–Trinajstić information content (AvgIpc) is 2.41. The Labute approximate surface area is 108 Å². The van der Waals surface area contributed by atoms with Crippen LogP contribution in [0.4, 0.5) is 4.39 Å². The normalized spacial score (nSPS) is 10.8. The molecule has 3 nitrogen and oxygen atoms in total.